The summed E-state index contributed by atoms with van der Waals surface area (Å²) in [4.78, 5) is 0. The van der Waals surface area contributed by atoms with Gasteiger partial charge in [-0.2, -0.15) is 18.3 Å². The van der Waals surface area contributed by atoms with Crippen molar-refractivity contribution < 1.29 is 26.7 Å². The number of hydrogen-bond acceptors (Lipinski definition) is 2. The topological polar surface area (TPSA) is 27.1 Å². The first-order valence-corrected chi connectivity index (χ1v) is 10.3. The Morgan fingerprint density at radius 1 is 1.03 bits per heavy atom. The van der Waals surface area contributed by atoms with Gasteiger partial charge in [0.1, 0.15) is 12.3 Å². The first-order chi connectivity index (χ1) is 15.1. The van der Waals surface area contributed by atoms with Crippen LogP contribution in [0.25, 0.3) is 22.2 Å². The molecule has 0 radical (unpaired) electrons. The second-order valence-corrected chi connectivity index (χ2v) is 8.21. The van der Waals surface area contributed by atoms with Crippen molar-refractivity contribution in [1.82, 2.24) is 9.78 Å². The minimum atomic E-state index is -5.06. The summed E-state index contributed by atoms with van der Waals surface area (Å²) in [6.07, 6.45) is -5.06. The van der Waals surface area contributed by atoms with Crippen molar-refractivity contribution in [3.05, 3.63) is 81.3 Å². The molecule has 3 nitrogen and oxygen atoms in total. The molecule has 0 bridgehead atoms. The number of alkyl halides is 3. The first kappa shape index (κ1) is 22.3. The molecule has 0 spiro atoms. The molecule has 0 atom stereocenters. The van der Waals surface area contributed by atoms with Crippen LogP contribution in [0.2, 0.25) is 0 Å². The smallest absolute Gasteiger partial charge is 0.419 e. The number of aromatic nitrogens is 2. The van der Waals surface area contributed by atoms with E-state index in [9.17, 15) is 17.6 Å². The van der Waals surface area contributed by atoms with E-state index in [0.29, 0.717) is 28.1 Å². The Bertz CT molecular complexity index is 1320. The summed E-state index contributed by atoms with van der Waals surface area (Å²) in [5.74, 6) is -4.13. The predicted molar refractivity (Wildman–Crippen MR) is 114 cm³/mol. The van der Waals surface area contributed by atoms with E-state index in [1.807, 2.05) is 0 Å². The second kappa shape index (κ2) is 8.20. The van der Waals surface area contributed by atoms with Crippen molar-refractivity contribution in [1.29, 1.82) is 0 Å². The second-order valence-electron chi connectivity index (χ2n) is 7.29. The summed E-state index contributed by atoms with van der Waals surface area (Å²) in [6.45, 7) is 1.43. The van der Waals surface area contributed by atoms with Crippen molar-refractivity contribution >= 4 is 26.8 Å². The predicted octanol–water partition coefficient (Wildman–Crippen LogP) is 7.19. The normalized spacial score (nSPS) is 11.9. The van der Waals surface area contributed by atoms with E-state index in [4.69, 9.17) is 4.74 Å². The third-order valence-electron chi connectivity index (χ3n) is 5.06. The lowest BCUT2D eigenvalue weighted by atomic mass is 10.0. The zero-order chi connectivity index (χ0) is 23.2. The third-order valence-corrected chi connectivity index (χ3v) is 5.52. The molecule has 0 fully saturated rings. The van der Waals surface area contributed by atoms with Crippen LogP contribution in [0.15, 0.2) is 53.0 Å². The molecule has 166 valence electrons. The van der Waals surface area contributed by atoms with E-state index in [0.717, 1.165) is 4.47 Å². The van der Waals surface area contributed by atoms with Crippen LogP contribution in [0.3, 0.4) is 0 Å². The molecule has 0 aliphatic heterocycles. The Kier molecular flexibility index (Phi) is 5.70. The zero-order valence-electron chi connectivity index (χ0n) is 16.9. The lowest BCUT2D eigenvalue weighted by Gasteiger charge is -2.16. The standard InChI is InChI=1S/C23H16BrF5N2O/c1-12-8-14(24)9-17-18(12)21(30-31(17)2)15-10-16(23(27,28)29)20(26)22(19(15)25)32-11-13-6-4-3-5-7-13/h3-10H,11H2,1-2H3. The highest BCUT2D eigenvalue weighted by atomic mass is 79.9. The summed E-state index contributed by atoms with van der Waals surface area (Å²) < 4.78 is 78.5. The van der Waals surface area contributed by atoms with Gasteiger partial charge in [-0.25, -0.2) is 8.78 Å². The largest absolute Gasteiger partial charge is 0.483 e. The van der Waals surface area contributed by atoms with Crippen LogP contribution < -0.4 is 4.74 Å². The van der Waals surface area contributed by atoms with Gasteiger partial charge in [-0.05, 0) is 36.2 Å². The van der Waals surface area contributed by atoms with Crippen molar-refractivity contribution in [2.75, 3.05) is 0 Å². The Hall–Kier alpha value is -2.94. The molecule has 0 N–H and O–H groups in total. The minimum Gasteiger partial charge on any atom is -0.483 e. The van der Waals surface area contributed by atoms with Gasteiger partial charge < -0.3 is 4.74 Å². The van der Waals surface area contributed by atoms with Crippen molar-refractivity contribution in [3.8, 4) is 17.0 Å². The maximum absolute atomic E-state index is 15.4. The summed E-state index contributed by atoms with van der Waals surface area (Å²) in [6, 6.07) is 12.3. The van der Waals surface area contributed by atoms with E-state index < -0.39 is 34.7 Å². The molecule has 4 aromatic rings. The fourth-order valence-corrected chi connectivity index (χ4v) is 4.14. The monoisotopic (exact) mass is 510 g/mol. The first-order valence-electron chi connectivity index (χ1n) is 9.47. The minimum absolute atomic E-state index is 0.0277. The lowest BCUT2D eigenvalue weighted by molar-refractivity contribution is -0.140. The number of aryl methyl sites for hydroxylation is 2. The number of hydrogen-bond donors (Lipinski definition) is 0. The number of rotatable bonds is 4. The average Bonchev–Trinajstić information content (AvgIpc) is 3.04. The SMILES string of the molecule is Cc1cc(Br)cc2c1c(-c1cc(C(F)(F)F)c(F)c(OCc3ccccc3)c1F)nn2C. The molecule has 9 heteroatoms. The molecule has 0 aliphatic carbocycles. The maximum Gasteiger partial charge on any atom is 0.419 e. The van der Waals surface area contributed by atoms with Crippen LogP contribution in [-0.2, 0) is 19.8 Å². The summed E-state index contributed by atoms with van der Waals surface area (Å²) >= 11 is 3.37. The van der Waals surface area contributed by atoms with Crippen LogP contribution in [-0.4, -0.2) is 9.78 Å². The Morgan fingerprint density at radius 3 is 2.38 bits per heavy atom. The number of ether oxygens (including phenoxy) is 1. The molecule has 32 heavy (non-hydrogen) atoms. The van der Waals surface area contributed by atoms with Crippen LogP contribution in [0.5, 0.6) is 5.75 Å². The molecular weight excluding hydrogens is 495 g/mol. The molecule has 0 amide bonds. The maximum atomic E-state index is 15.4. The molecule has 0 unspecified atom stereocenters. The van der Waals surface area contributed by atoms with Gasteiger partial charge in [-0.1, -0.05) is 46.3 Å². The molecule has 0 saturated carbocycles. The highest BCUT2D eigenvalue weighted by Crippen LogP contribution is 2.43. The van der Waals surface area contributed by atoms with Gasteiger partial charge in [0.25, 0.3) is 0 Å². The molecule has 0 saturated heterocycles. The van der Waals surface area contributed by atoms with Crippen LogP contribution in [0.4, 0.5) is 22.0 Å². The van der Waals surface area contributed by atoms with Gasteiger partial charge in [0.05, 0.1) is 11.1 Å². The molecule has 0 aliphatic rings. The summed E-state index contributed by atoms with van der Waals surface area (Å²) in [7, 11) is 1.59. The molecule has 4 rings (SSSR count). The number of fused-ring (bicyclic) bond motifs is 1. The van der Waals surface area contributed by atoms with Gasteiger partial charge in [0.2, 0.25) is 0 Å². The number of halogens is 6. The van der Waals surface area contributed by atoms with Gasteiger partial charge in [0, 0.05) is 22.5 Å². The molecule has 1 aromatic heterocycles. The van der Waals surface area contributed by atoms with Crippen molar-refractivity contribution in [3.63, 3.8) is 0 Å². The van der Waals surface area contributed by atoms with Gasteiger partial charge in [-0.3, -0.25) is 4.68 Å². The van der Waals surface area contributed by atoms with Crippen LogP contribution in [0.1, 0.15) is 16.7 Å². The lowest BCUT2D eigenvalue weighted by Crippen LogP contribution is -2.12. The fraction of sp³-hybridized carbons (Fsp3) is 0.174. The molecular formula is C23H16BrF5N2O. The van der Waals surface area contributed by atoms with Crippen LogP contribution >= 0.6 is 15.9 Å². The Labute approximate surface area is 188 Å². The highest BCUT2D eigenvalue weighted by molar-refractivity contribution is 9.10. The summed E-state index contributed by atoms with van der Waals surface area (Å²) in [5.41, 5.74) is -0.338. The van der Waals surface area contributed by atoms with E-state index in [2.05, 4.69) is 21.0 Å². The van der Waals surface area contributed by atoms with Crippen molar-refractivity contribution in [2.24, 2.45) is 7.05 Å². The van der Waals surface area contributed by atoms with E-state index >= 15 is 4.39 Å². The fourth-order valence-electron chi connectivity index (χ4n) is 3.58. The van der Waals surface area contributed by atoms with Gasteiger partial charge >= 0.3 is 6.18 Å². The quantitative estimate of drug-likeness (QED) is 0.272. The summed E-state index contributed by atoms with van der Waals surface area (Å²) in [5, 5.41) is 4.71. The molecule has 1 heterocycles. The van der Waals surface area contributed by atoms with Gasteiger partial charge in [-0.15, -0.1) is 0 Å². The Morgan fingerprint density at radius 2 is 1.72 bits per heavy atom. The number of nitrogens with zero attached hydrogens (tertiary/aromatic N) is 2. The highest BCUT2D eigenvalue weighted by Gasteiger charge is 2.38. The van der Waals surface area contributed by atoms with E-state index in [1.165, 1.54) is 4.68 Å². The Balaban J connectivity index is 1.94. The van der Waals surface area contributed by atoms with Crippen LogP contribution in [0, 0.1) is 18.6 Å². The van der Waals surface area contributed by atoms with E-state index in [-0.39, 0.29) is 12.3 Å². The van der Waals surface area contributed by atoms with E-state index in [1.54, 1.807) is 56.4 Å². The zero-order valence-corrected chi connectivity index (χ0v) is 18.5. The van der Waals surface area contributed by atoms with Crippen molar-refractivity contribution in [2.45, 2.75) is 19.7 Å². The number of benzene rings is 3. The third kappa shape index (κ3) is 3.97. The molecule has 3 aromatic carbocycles. The van der Waals surface area contributed by atoms with Gasteiger partial charge in [0.15, 0.2) is 17.4 Å². The average molecular weight is 511 g/mol.